The maximum absolute atomic E-state index is 12.3. The second kappa shape index (κ2) is 7.64. The first-order valence-electron chi connectivity index (χ1n) is 8.08. The summed E-state index contributed by atoms with van der Waals surface area (Å²) in [5, 5.41) is 0.525. The summed E-state index contributed by atoms with van der Waals surface area (Å²) in [5.41, 5.74) is 2.27. The first-order chi connectivity index (χ1) is 11.9. The third-order valence-corrected chi connectivity index (χ3v) is 5.73. The molecule has 1 fully saturated rings. The first kappa shape index (κ1) is 18.0. The molecule has 3 rings (SSSR count). The summed E-state index contributed by atoms with van der Waals surface area (Å²) >= 11 is 5.91. The van der Waals surface area contributed by atoms with Crippen LogP contribution in [-0.4, -0.2) is 34.7 Å². The average Bonchev–Trinajstić information content (AvgIpc) is 3.04. The molecule has 1 aliphatic heterocycles. The summed E-state index contributed by atoms with van der Waals surface area (Å²) in [6, 6.07) is 14.3. The second-order valence-corrected chi connectivity index (χ2v) is 8.29. The minimum atomic E-state index is -3.49. The first-order valence-corrected chi connectivity index (χ1v) is 10.1. The molecule has 1 saturated heterocycles. The van der Waals surface area contributed by atoms with Crippen LogP contribution in [0.2, 0.25) is 5.02 Å². The van der Waals surface area contributed by atoms with Crippen LogP contribution in [0.3, 0.4) is 0 Å². The number of rotatable bonds is 6. The van der Waals surface area contributed by atoms with Crippen molar-refractivity contribution in [1.82, 2.24) is 0 Å². The minimum absolute atomic E-state index is 0.114. The van der Waals surface area contributed by atoms with Crippen LogP contribution in [0, 0.1) is 0 Å². The smallest absolute Gasteiger partial charge is 0.236 e. The van der Waals surface area contributed by atoms with Crippen LogP contribution >= 0.6 is 11.6 Å². The van der Waals surface area contributed by atoms with E-state index in [0.717, 1.165) is 25.2 Å². The SMILES string of the molecule is COC1CCN(c2ccc(NS(=O)(=O)Cc3cccc(Cl)c3)cc2)C1. The van der Waals surface area contributed by atoms with Crippen molar-refractivity contribution in [3.63, 3.8) is 0 Å². The monoisotopic (exact) mass is 380 g/mol. The lowest BCUT2D eigenvalue weighted by Gasteiger charge is -2.19. The lowest BCUT2D eigenvalue weighted by atomic mass is 10.2. The van der Waals surface area contributed by atoms with Gasteiger partial charge >= 0.3 is 0 Å². The van der Waals surface area contributed by atoms with Crippen molar-refractivity contribution in [2.24, 2.45) is 0 Å². The van der Waals surface area contributed by atoms with Gasteiger partial charge in [0.1, 0.15) is 0 Å². The third-order valence-electron chi connectivity index (χ3n) is 4.23. The number of sulfonamides is 1. The number of anilines is 2. The number of ether oxygens (including phenoxy) is 1. The summed E-state index contributed by atoms with van der Waals surface area (Å²) in [5.74, 6) is -0.114. The van der Waals surface area contributed by atoms with E-state index >= 15 is 0 Å². The summed E-state index contributed by atoms with van der Waals surface area (Å²) in [7, 11) is -1.76. The molecule has 2 aromatic carbocycles. The average molecular weight is 381 g/mol. The van der Waals surface area contributed by atoms with Gasteiger partial charge in [-0.1, -0.05) is 23.7 Å². The van der Waals surface area contributed by atoms with Gasteiger partial charge in [0.25, 0.3) is 0 Å². The van der Waals surface area contributed by atoms with Crippen LogP contribution in [0.25, 0.3) is 0 Å². The number of hydrogen-bond donors (Lipinski definition) is 1. The summed E-state index contributed by atoms with van der Waals surface area (Å²) < 4.78 is 32.6. The van der Waals surface area contributed by atoms with Gasteiger partial charge in [0.15, 0.2) is 0 Å². The molecular weight excluding hydrogens is 360 g/mol. The Kier molecular flexibility index (Phi) is 5.51. The summed E-state index contributed by atoms with van der Waals surface area (Å²) in [4.78, 5) is 2.23. The van der Waals surface area contributed by atoms with E-state index in [1.165, 1.54) is 0 Å². The Morgan fingerprint density at radius 1 is 1.24 bits per heavy atom. The Morgan fingerprint density at radius 3 is 2.64 bits per heavy atom. The highest BCUT2D eigenvalue weighted by Crippen LogP contribution is 2.24. The number of nitrogens with one attached hydrogen (secondary N) is 1. The molecule has 5 nitrogen and oxygen atoms in total. The van der Waals surface area contributed by atoms with Crippen molar-refractivity contribution in [2.45, 2.75) is 18.3 Å². The second-order valence-electron chi connectivity index (χ2n) is 6.13. The standard InChI is InChI=1S/C18H21ClN2O3S/c1-24-18-9-10-21(12-18)17-7-5-16(6-8-17)20-25(22,23)13-14-3-2-4-15(19)11-14/h2-8,11,18,20H,9-10,12-13H2,1H3. The zero-order chi connectivity index (χ0) is 17.9. The van der Waals surface area contributed by atoms with Crippen molar-refractivity contribution in [1.29, 1.82) is 0 Å². The van der Waals surface area contributed by atoms with E-state index < -0.39 is 10.0 Å². The molecule has 0 amide bonds. The van der Waals surface area contributed by atoms with Gasteiger partial charge in [-0.05, 0) is 48.4 Å². The Morgan fingerprint density at radius 2 is 2.00 bits per heavy atom. The quantitative estimate of drug-likeness (QED) is 0.833. The molecule has 0 spiro atoms. The molecule has 0 radical (unpaired) electrons. The maximum Gasteiger partial charge on any atom is 0.236 e. The predicted octanol–water partition coefficient (Wildman–Crippen LogP) is 3.51. The van der Waals surface area contributed by atoms with Crippen LogP contribution in [-0.2, 0) is 20.5 Å². The van der Waals surface area contributed by atoms with Crippen molar-refractivity contribution < 1.29 is 13.2 Å². The normalized spacial score (nSPS) is 17.7. The zero-order valence-electron chi connectivity index (χ0n) is 14.0. The van der Waals surface area contributed by atoms with Crippen LogP contribution in [0.15, 0.2) is 48.5 Å². The van der Waals surface area contributed by atoms with E-state index in [-0.39, 0.29) is 11.9 Å². The Bertz CT molecular complexity index is 824. The molecular formula is C18H21ClN2O3S. The van der Waals surface area contributed by atoms with Gasteiger partial charge < -0.3 is 9.64 Å². The number of halogens is 1. The van der Waals surface area contributed by atoms with E-state index in [1.54, 1.807) is 43.5 Å². The molecule has 0 aromatic heterocycles. The number of benzene rings is 2. The zero-order valence-corrected chi connectivity index (χ0v) is 15.6. The molecule has 25 heavy (non-hydrogen) atoms. The lowest BCUT2D eigenvalue weighted by molar-refractivity contribution is 0.121. The molecule has 7 heteroatoms. The van der Waals surface area contributed by atoms with Gasteiger partial charge in [-0.25, -0.2) is 8.42 Å². The van der Waals surface area contributed by atoms with E-state index in [4.69, 9.17) is 16.3 Å². The summed E-state index contributed by atoms with van der Waals surface area (Å²) in [6.07, 6.45) is 1.26. The van der Waals surface area contributed by atoms with Gasteiger partial charge in [0.2, 0.25) is 10.0 Å². The highest BCUT2D eigenvalue weighted by molar-refractivity contribution is 7.91. The molecule has 1 atom stereocenters. The summed E-state index contributed by atoms with van der Waals surface area (Å²) in [6.45, 7) is 1.80. The molecule has 1 N–H and O–H groups in total. The van der Waals surface area contributed by atoms with Crippen molar-refractivity contribution in [2.75, 3.05) is 29.8 Å². The van der Waals surface area contributed by atoms with Crippen LogP contribution < -0.4 is 9.62 Å². The van der Waals surface area contributed by atoms with Crippen LogP contribution in [0.1, 0.15) is 12.0 Å². The third kappa shape index (κ3) is 4.87. The van der Waals surface area contributed by atoms with Crippen molar-refractivity contribution in [3.8, 4) is 0 Å². The molecule has 0 bridgehead atoms. The molecule has 2 aromatic rings. The van der Waals surface area contributed by atoms with Crippen molar-refractivity contribution in [3.05, 3.63) is 59.1 Å². The fourth-order valence-corrected chi connectivity index (χ4v) is 4.36. The largest absolute Gasteiger partial charge is 0.380 e. The fourth-order valence-electron chi connectivity index (χ4n) is 2.96. The van der Waals surface area contributed by atoms with Gasteiger partial charge in [-0.3, -0.25) is 4.72 Å². The lowest BCUT2D eigenvalue weighted by Crippen LogP contribution is -2.22. The number of hydrogen-bond acceptors (Lipinski definition) is 4. The highest BCUT2D eigenvalue weighted by atomic mass is 35.5. The van der Waals surface area contributed by atoms with Crippen molar-refractivity contribution >= 4 is 33.0 Å². The predicted molar refractivity (Wildman–Crippen MR) is 102 cm³/mol. The highest BCUT2D eigenvalue weighted by Gasteiger charge is 2.22. The van der Waals surface area contributed by atoms with Gasteiger partial charge in [-0.2, -0.15) is 0 Å². The Labute approximate surface area is 153 Å². The van der Waals surface area contributed by atoms with Crippen LogP contribution in [0.4, 0.5) is 11.4 Å². The molecule has 134 valence electrons. The molecule has 1 unspecified atom stereocenters. The van der Waals surface area contributed by atoms with E-state index in [0.29, 0.717) is 16.3 Å². The minimum Gasteiger partial charge on any atom is -0.380 e. The molecule has 1 heterocycles. The molecule has 0 saturated carbocycles. The number of nitrogens with zero attached hydrogens (tertiary/aromatic N) is 1. The van der Waals surface area contributed by atoms with E-state index in [1.807, 2.05) is 12.1 Å². The molecule has 1 aliphatic rings. The van der Waals surface area contributed by atoms with E-state index in [2.05, 4.69) is 9.62 Å². The number of methoxy groups -OCH3 is 1. The van der Waals surface area contributed by atoms with Crippen LogP contribution in [0.5, 0.6) is 0 Å². The van der Waals surface area contributed by atoms with Gasteiger partial charge in [-0.15, -0.1) is 0 Å². The van der Waals surface area contributed by atoms with E-state index in [9.17, 15) is 8.42 Å². The Balaban J connectivity index is 1.64. The fraction of sp³-hybridized carbons (Fsp3) is 0.333. The maximum atomic E-state index is 12.3. The Hall–Kier alpha value is -1.76. The van der Waals surface area contributed by atoms with Gasteiger partial charge in [0.05, 0.1) is 11.9 Å². The topological polar surface area (TPSA) is 58.6 Å². The molecule has 0 aliphatic carbocycles. The van der Waals surface area contributed by atoms with Gasteiger partial charge in [0, 0.05) is 36.6 Å².